The van der Waals surface area contributed by atoms with Crippen LogP contribution >= 0.6 is 15.9 Å². The van der Waals surface area contributed by atoms with E-state index < -0.39 is 0 Å². The van der Waals surface area contributed by atoms with Gasteiger partial charge in [-0.25, -0.2) is 4.98 Å². The maximum absolute atomic E-state index is 4.36. The lowest BCUT2D eigenvalue weighted by Crippen LogP contribution is -2.08. The third kappa shape index (κ3) is 2.35. The Morgan fingerprint density at radius 1 is 1.57 bits per heavy atom. The van der Waals surface area contributed by atoms with Crippen molar-refractivity contribution in [2.75, 3.05) is 17.2 Å². The molecule has 0 aromatic carbocycles. The van der Waals surface area contributed by atoms with Gasteiger partial charge < -0.3 is 10.6 Å². The molecule has 1 aliphatic carbocycles. The quantitative estimate of drug-likeness (QED) is 0.868. The number of nitrogens with zero attached hydrogens (tertiary/aromatic N) is 2. The SMILES string of the molecule is CCNc1ncc(Br)c(NC2CC2)n1. The van der Waals surface area contributed by atoms with Gasteiger partial charge in [0.2, 0.25) is 5.95 Å². The minimum atomic E-state index is 0.607. The number of nitrogens with one attached hydrogen (secondary N) is 2. The van der Waals surface area contributed by atoms with Crippen LogP contribution in [0.4, 0.5) is 11.8 Å². The Kier molecular flexibility index (Phi) is 2.86. The van der Waals surface area contributed by atoms with Crippen molar-refractivity contribution in [3.63, 3.8) is 0 Å². The van der Waals surface area contributed by atoms with Gasteiger partial charge in [0.15, 0.2) is 0 Å². The molecule has 1 fully saturated rings. The van der Waals surface area contributed by atoms with Crippen LogP contribution in [0.15, 0.2) is 10.7 Å². The fraction of sp³-hybridized carbons (Fsp3) is 0.556. The number of halogens is 1. The van der Waals surface area contributed by atoms with Gasteiger partial charge in [-0.2, -0.15) is 4.98 Å². The van der Waals surface area contributed by atoms with Gasteiger partial charge in [0.05, 0.1) is 4.47 Å². The number of aromatic nitrogens is 2. The first-order valence-corrected chi connectivity index (χ1v) is 5.62. The van der Waals surface area contributed by atoms with E-state index in [1.807, 2.05) is 6.92 Å². The zero-order valence-corrected chi connectivity index (χ0v) is 9.63. The van der Waals surface area contributed by atoms with E-state index in [2.05, 4.69) is 36.5 Å². The van der Waals surface area contributed by atoms with E-state index in [1.165, 1.54) is 12.8 Å². The predicted octanol–water partition coefficient (Wildman–Crippen LogP) is 2.25. The molecule has 0 unspecified atom stereocenters. The van der Waals surface area contributed by atoms with Crippen molar-refractivity contribution in [2.45, 2.75) is 25.8 Å². The van der Waals surface area contributed by atoms with Gasteiger partial charge in [-0.15, -0.1) is 0 Å². The zero-order chi connectivity index (χ0) is 9.97. The molecule has 1 saturated carbocycles. The summed E-state index contributed by atoms with van der Waals surface area (Å²) in [6.45, 7) is 2.86. The average molecular weight is 257 g/mol. The molecule has 0 spiro atoms. The van der Waals surface area contributed by atoms with Crippen LogP contribution in [-0.2, 0) is 0 Å². The van der Waals surface area contributed by atoms with E-state index in [9.17, 15) is 0 Å². The molecule has 0 radical (unpaired) electrons. The lowest BCUT2D eigenvalue weighted by molar-refractivity contribution is 1.04. The van der Waals surface area contributed by atoms with Gasteiger partial charge in [-0.3, -0.25) is 0 Å². The lowest BCUT2D eigenvalue weighted by atomic mass is 10.5. The average Bonchev–Trinajstić information content (AvgIpc) is 2.95. The van der Waals surface area contributed by atoms with Crippen molar-refractivity contribution in [3.05, 3.63) is 10.7 Å². The highest BCUT2D eigenvalue weighted by molar-refractivity contribution is 9.10. The number of hydrogen-bond donors (Lipinski definition) is 2. The molecule has 0 aliphatic heterocycles. The zero-order valence-electron chi connectivity index (χ0n) is 8.05. The van der Waals surface area contributed by atoms with E-state index in [4.69, 9.17) is 0 Å². The van der Waals surface area contributed by atoms with Crippen LogP contribution in [0.5, 0.6) is 0 Å². The third-order valence-electron chi connectivity index (χ3n) is 2.00. The minimum Gasteiger partial charge on any atom is -0.366 e. The highest BCUT2D eigenvalue weighted by Gasteiger charge is 2.22. The van der Waals surface area contributed by atoms with Gasteiger partial charge in [0.25, 0.3) is 0 Å². The summed E-state index contributed by atoms with van der Waals surface area (Å²) in [4.78, 5) is 8.51. The van der Waals surface area contributed by atoms with Crippen LogP contribution in [0.2, 0.25) is 0 Å². The minimum absolute atomic E-state index is 0.607. The molecule has 1 heterocycles. The molecular weight excluding hydrogens is 244 g/mol. The molecule has 1 aromatic rings. The van der Waals surface area contributed by atoms with Crippen molar-refractivity contribution >= 4 is 27.7 Å². The molecule has 0 atom stereocenters. The predicted molar refractivity (Wildman–Crippen MR) is 60.5 cm³/mol. The second kappa shape index (κ2) is 4.13. The number of anilines is 2. The van der Waals surface area contributed by atoms with E-state index in [1.54, 1.807) is 6.20 Å². The Labute approximate surface area is 91.7 Å². The van der Waals surface area contributed by atoms with Crippen molar-refractivity contribution in [1.82, 2.24) is 9.97 Å². The topological polar surface area (TPSA) is 49.8 Å². The summed E-state index contributed by atoms with van der Waals surface area (Å²) in [5.41, 5.74) is 0. The molecule has 0 amide bonds. The molecule has 4 nitrogen and oxygen atoms in total. The summed E-state index contributed by atoms with van der Waals surface area (Å²) < 4.78 is 0.922. The molecule has 5 heteroatoms. The van der Waals surface area contributed by atoms with Crippen molar-refractivity contribution < 1.29 is 0 Å². The lowest BCUT2D eigenvalue weighted by Gasteiger charge is -2.07. The first kappa shape index (κ1) is 9.71. The van der Waals surface area contributed by atoms with E-state index in [0.29, 0.717) is 12.0 Å². The highest BCUT2D eigenvalue weighted by Crippen LogP contribution is 2.28. The first-order valence-electron chi connectivity index (χ1n) is 4.82. The monoisotopic (exact) mass is 256 g/mol. The maximum Gasteiger partial charge on any atom is 0.224 e. The molecule has 0 bridgehead atoms. The summed E-state index contributed by atoms with van der Waals surface area (Å²) in [5.74, 6) is 1.57. The van der Waals surface area contributed by atoms with Crippen LogP contribution in [0.25, 0.3) is 0 Å². The van der Waals surface area contributed by atoms with Crippen LogP contribution in [0.3, 0.4) is 0 Å². The molecule has 1 aliphatic rings. The second-order valence-electron chi connectivity index (χ2n) is 3.34. The molecule has 2 rings (SSSR count). The normalized spacial score (nSPS) is 15.3. The van der Waals surface area contributed by atoms with E-state index in [-0.39, 0.29) is 0 Å². The Hall–Kier alpha value is -0.840. The Balaban J connectivity index is 2.13. The highest BCUT2D eigenvalue weighted by atomic mass is 79.9. The van der Waals surface area contributed by atoms with Gasteiger partial charge >= 0.3 is 0 Å². The van der Waals surface area contributed by atoms with Crippen LogP contribution in [-0.4, -0.2) is 22.6 Å². The van der Waals surface area contributed by atoms with Crippen LogP contribution < -0.4 is 10.6 Å². The Morgan fingerprint density at radius 2 is 2.36 bits per heavy atom. The summed E-state index contributed by atoms with van der Waals surface area (Å²) in [6.07, 6.45) is 4.26. The van der Waals surface area contributed by atoms with Crippen molar-refractivity contribution in [2.24, 2.45) is 0 Å². The molecular formula is C9H13BrN4. The standard InChI is InChI=1S/C9H13BrN4/c1-2-11-9-12-5-7(10)8(14-9)13-6-3-4-6/h5-6H,2-4H2,1H3,(H2,11,12,13,14). The van der Waals surface area contributed by atoms with Crippen LogP contribution in [0, 0.1) is 0 Å². The van der Waals surface area contributed by atoms with E-state index >= 15 is 0 Å². The second-order valence-corrected chi connectivity index (χ2v) is 4.19. The van der Waals surface area contributed by atoms with Gasteiger partial charge in [0, 0.05) is 18.8 Å². The summed E-state index contributed by atoms with van der Waals surface area (Å²) in [7, 11) is 0. The molecule has 76 valence electrons. The Morgan fingerprint density at radius 3 is 3.00 bits per heavy atom. The summed E-state index contributed by atoms with van der Waals surface area (Å²) in [5, 5.41) is 6.43. The van der Waals surface area contributed by atoms with Gasteiger partial charge in [-0.1, -0.05) is 0 Å². The van der Waals surface area contributed by atoms with Crippen LogP contribution in [0.1, 0.15) is 19.8 Å². The smallest absolute Gasteiger partial charge is 0.224 e. The number of rotatable bonds is 4. The fourth-order valence-corrected chi connectivity index (χ4v) is 1.44. The third-order valence-corrected chi connectivity index (χ3v) is 2.58. The molecule has 1 aromatic heterocycles. The fourth-order valence-electron chi connectivity index (χ4n) is 1.13. The maximum atomic E-state index is 4.36. The largest absolute Gasteiger partial charge is 0.366 e. The Bertz CT molecular complexity index is 325. The summed E-state index contributed by atoms with van der Waals surface area (Å²) >= 11 is 3.42. The number of hydrogen-bond acceptors (Lipinski definition) is 4. The molecule has 14 heavy (non-hydrogen) atoms. The van der Waals surface area contributed by atoms with Crippen molar-refractivity contribution in [3.8, 4) is 0 Å². The van der Waals surface area contributed by atoms with Gasteiger partial charge in [0.1, 0.15) is 5.82 Å². The van der Waals surface area contributed by atoms with Gasteiger partial charge in [-0.05, 0) is 35.7 Å². The first-order chi connectivity index (χ1) is 6.79. The molecule has 2 N–H and O–H groups in total. The van der Waals surface area contributed by atoms with E-state index in [0.717, 1.165) is 16.8 Å². The summed E-state index contributed by atoms with van der Waals surface area (Å²) in [6, 6.07) is 0.607. The van der Waals surface area contributed by atoms with Crippen molar-refractivity contribution in [1.29, 1.82) is 0 Å². The molecule has 0 saturated heterocycles.